The van der Waals surface area contributed by atoms with Crippen LogP contribution in [0.2, 0.25) is 10.0 Å². The number of hydrogen-bond acceptors (Lipinski definition) is 4. The number of ether oxygens (including phenoxy) is 1. The van der Waals surface area contributed by atoms with Crippen LogP contribution in [0.1, 0.15) is 10.1 Å². The number of nitrogens with one attached hydrogen (secondary N) is 1. The molecule has 24 heavy (non-hydrogen) atoms. The fourth-order valence-corrected chi connectivity index (χ4v) is 5.35. The predicted molar refractivity (Wildman–Crippen MR) is 105 cm³/mol. The van der Waals surface area contributed by atoms with Crippen LogP contribution in [0.25, 0.3) is 0 Å². The van der Waals surface area contributed by atoms with Crippen LogP contribution < -0.4 is 10.1 Å². The molecule has 1 aliphatic heterocycles. The number of thioether (sulfide) groups is 2. The molecular formula is C17H15Cl2NO2S2. The first kappa shape index (κ1) is 17.8. The Bertz CT molecular complexity index is 719. The average Bonchev–Trinajstić information content (AvgIpc) is 3.11. The van der Waals surface area contributed by atoms with Crippen LogP contribution in [0.4, 0.5) is 5.69 Å². The zero-order chi connectivity index (χ0) is 16.9. The molecule has 1 amide bonds. The van der Waals surface area contributed by atoms with E-state index in [0.717, 1.165) is 0 Å². The topological polar surface area (TPSA) is 38.3 Å². The highest BCUT2D eigenvalue weighted by molar-refractivity contribution is 8.19. The van der Waals surface area contributed by atoms with E-state index in [9.17, 15) is 4.79 Å². The molecule has 0 aromatic heterocycles. The number of carbonyl (C=O) groups excluding carboxylic acids is 1. The molecule has 0 saturated carbocycles. The fourth-order valence-electron chi connectivity index (χ4n) is 2.19. The summed E-state index contributed by atoms with van der Waals surface area (Å²) in [7, 11) is 0. The Morgan fingerprint density at radius 3 is 2.46 bits per heavy atom. The Labute approximate surface area is 159 Å². The van der Waals surface area contributed by atoms with Crippen molar-refractivity contribution in [3.63, 3.8) is 0 Å². The maximum absolute atomic E-state index is 11.9. The molecule has 0 unspecified atom stereocenters. The maximum atomic E-state index is 11.9. The van der Waals surface area contributed by atoms with Crippen LogP contribution in [0.5, 0.6) is 5.75 Å². The molecule has 1 heterocycles. The minimum Gasteiger partial charge on any atom is -0.484 e. The number of carbonyl (C=O) groups is 1. The monoisotopic (exact) mass is 399 g/mol. The highest BCUT2D eigenvalue weighted by Gasteiger charge is 2.18. The third-order valence-electron chi connectivity index (χ3n) is 3.35. The van der Waals surface area contributed by atoms with Crippen molar-refractivity contribution in [1.82, 2.24) is 0 Å². The molecule has 0 aliphatic carbocycles. The molecule has 0 spiro atoms. The summed E-state index contributed by atoms with van der Waals surface area (Å²) in [6.07, 6.45) is 0. The molecule has 0 bridgehead atoms. The lowest BCUT2D eigenvalue weighted by Crippen LogP contribution is -2.20. The lowest BCUT2D eigenvalue weighted by molar-refractivity contribution is -0.118. The molecule has 0 atom stereocenters. The van der Waals surface area contributed by atoms with Gasteiger partial charge in [-0.05, 0) is 35.9 Å². The molecule has 2 aromatic carbocycles. The van der Waals surface area contributed by atoms with Gasteiger partial charge in [0.25, 0.3) is 5.91 Å². The van der Waals surface area contributed by atoms with Crippen LogP contribution in [-0.2, 0) is 4.79 Å². The molecular weight excluding hydrogens is 385 g/mol. The van der Waals surface area contributed by atoms with Gasteiger partial charge < -0.3 is 10.1 Å². The summed E-state index contributed by atoms with van der Waals surface area (Å²) in [4.78, 5) is 11.9. The summed E-state index contributed by atoms with van der Waals surface area (Å²) in [5.74, 6) is 2.82. The molecule has 3 rings (SSSR count). The zero-order valence-corrected chi connectivity index (χ0v) is 15.8. The standard InChI is InChI=1S/C17H15Cl2NO2S2/c18-14-6-3-12(9-15(14)19)20-16(21)10-22-13-4-1-11(2-5-13)17-23-7-8-24-17/h1-6,9,17H,7-8,10H2,(H,20,21). The quantitative estimate of drug-likeness (QED) is 0.720. The van der Waals surface area contributed by atoms with Crippen LogP contribution >= 0.6 is 46.7 Å². The Hall–Kier alpha value is -1.01. The summed E-state index contributed by atoms with van der Waals surface area (Å²) in [6.45, 7) is -0.0630. The second-order valence-corrected chi connectivity index (χ2v) is 8.65. The molecule has 3 nitrogen and oxygen atoms in total. The van der Waals surface area contributed by atoms with Crippen molar-refractivity contribution in [3.05, 3.63) is 58.1 Å². The highest BCUT2D eigenvalue weighted by Crippen LogP contribution is 2.45. The number of halogens is 2. The Morgan fingerprint density at radius 1 is 1.08 bits per heavy atom. The van der Waals surface area contributed by atoms with Crippen molar-refractivity contribution in [2.45, 2.75) is 4.58 Å². The predicted octanol–water partition coefficient (Wildman–Crippen LogP) is 5.49. The fraction of sp³-hybridized carbons (Fsp3) is 0.235. The van der Waals surface area contributed by atoms with E-state index in [1.54, 1.807) is 18.2 Å². The normalized spacial score (nSPS) is 14.6. The molecule has 1 N–H and O–H groups in total. The van der Waals surface area contributed by atoms with Crippen LogP contribution in [-0.4, -0.2) is 24.0 Å². The summed E-state index contributed by atoms with van der Waals surface area (Å²) in [5.41, 5.74) is 1.87. The number of amides is 1. The van der Waals surface area contributed by atoms with Crippen molar-refractivity contribution >= 4 is 58.3 Å². The Balaban J connectivity index is 1.51. The molecule has 1 saturated heterocycles. The Morgan fingerprint density at radius 2 is 1.79 bits per heavy atom. The summed E-state index contributed by atoms with van der Waals surface area (Å²) in [5, 5.41) is 3.57. The summed E-state index contributed by atoms with van der Waals surface area (Å²) >= 11 is 15.7. The van der Waals surface area contributed by atoms with E-state index in [-0.39, 0.29) is 12.5 Å². The highest BCUT2D eigenvalue weighted by atomic mass is 35.5. The van der Waals surface area contributed by atoms with Gasteiger partial charge in [0.1, 0.15) is 5.75 Å². The van der Waals surface area contributed by atoms with E-state index in [1.165, 1.54) is 17.1 Å². The van der Waals surface area contributed by atoms with E-state index in [4.69, 9.17) is 27.9 Å². The first-order chi connectivity index (χ1) is 11.6. The minimum atomic E-state index is -0.251. The molecule has 126 valence electrons. The van der Waals surface area contributed by atoms with Crippen molar-refractivity contribution < 1.29 is 9.53 Å². The van der Waals surface area contributed by atoms with Gasteiger partial charge in [0.2, 0.25) is 0 Å². The van der Waals surface area contributed by atoms with Gasteiger partial charge in [-0.25, -0.2) is 0 Å². The minimum absolute atomic E-state index is 0.0630. The number of anilines is 1. The smallest absolute Gasteiger partial charge is 0.262 e. The molecule has 2 aromatic rings. The van der Waals surface area contributed by atoms with E-state index in [1.807, 2.05) is 35.7 Å². The van der Waals surface area contributed by atoms with Crippen molar-refractivity contribution in [3.8, 4) is 5.75 Å². The van der Waals surface area contributed by atoms with Crippen LogP contribution in [0, 0.1) is 0 Å². The van der Waals surface area contributed by atoms with Gasteiger partial charge in [-0.1, -0.05) is 35.3 Å². The number of hydrogen-bond donors (Lipinski definition) is 1. The molecule has 1 aliphatic rings. The van der Waals surface area contributed by atoms with Crippen molar-refractivity contribution in [2.24, 2.45) is 0 Å². The van der Waals surface area contributed by atoms with Gasteiger partial charge in [0, 0.05) is 17.2 Å². The van der Waals surface area contributed by atoms with E-state index in [0.29, 0.717) is 26.1 Å². The van der Waals surface area contributed by atoms with Crippen molar-refractivity contribution in [2.75, 3.05) is 23.4 Å². The van der Waals surface area contributed by atoms with E-state index in [2.05, 4.69) is 17.4 Å². The number of rotatable bonds is 5. The Kier molecular flexibility index (Phi) is 6.22. The van der Waals surface area contributed by atoms with Gasteiger partial charge in [0.05, 0.1) is 14.6 Å². The zero-order valence-electron chi connectivity index (χ0n) is 12.6. The first-order valence-electron chi connectivity index (χ1n) is 7.33. The molecule has 7 heteroatoms. The van der Waals surface area contributed by atoms with E-state index >= 15 is 0 Å². The van der Waals surface area contributed by atoms with Crippen molar-refractivity contribution in [1.29, 1.82) is 0 Å². The van der Waals surface area contributed by atoms with Gasteiger partial charge in [-0.3, -0.25) is 4.79 Å². The van der Waals surface area contributed by atoms with Gasteiger partial charge in [0.15, 0.2) is 6.61 Å². The van der Waals surface area contributed by atoms with Gasteiger partial charge in [-0.15, -0.1) is 23.5 Å². The lowest BCUT2D eigenvalue weighted by atomic mass is 10.2. The first-order valence-corrected chi connectivity index (χ1v) is 10.2. The third kappa shape index (κ3) is 4.76. The van der Waals surface area contributed by atoms with Crippen LogP contribution in [0.3, 0.4) is 0 Å². The largest absolute Gasteiger partial charge is 0.484 e. The average molecular weight is 400 g/mol. The van der Waals surface area contributed by atoms with E-state index < -0.39 is 0 Å². The molecule has 0 radical (unpaired) electrons. The van der Waals surface area contributed by atoms with Gasteiger partial charge >= 0.3 is 0 Å². The molecule has 1 fully saturated rings. The second kappa shape index (κ2) is 8.39. The summed E-state index contributed by atoms with van der Waals surface area (Å²) in [6, 6.07) is 12.9. The number of benzene rings is 2. The lowest BCUT2D eigenvalue weighted by Gasteiger charge is -2.11. The van der Waals surface area contributed by atoms with Gasteiger partial charge in [-0.2, -0.15) is 0 Å². The maximum Gasteiger partial charge on any atom is 0.262 e. The van der Waals surface area contributed by atoms with Crippen LogP contribution in [0.15, 0.2) is 42.5 Å². The second-order valence-electron chi connectivity index (χ2n) is 5.11. The third-order valence-corrected chi connectivity index (χ3v) is 7.19. The summed E-state index contributed by atoms with van der Waals surface area (Å²) < 4.78 is 6.04. The SMILES string of the molecule is O=C(COc1ccc(C2SCCS2)cc1)Nc1ccc(Cl)c(Cl)c1.